The van der Waals surface area contributed by atoms with Crippen LogP contribution < -0.4 is 10.6 Å². The number of nitrogens with zero attached hydrogens (tertiary/aromatic N) is 4. The molecule has 2 N–H and O–H groups in total. The van der Waals surface area contributed by atoms with Crippen LogP contribution in [0.1, 0.15) is 0 Å². The van der Waals surface area contributed by atoms with Gasteiger partial charge in [-0.3, -0.25) is 0 Å². The number of aromatic nitrogens is 4. The van der Waals surface area contributed by atoms with Crippen LogP contribution in [0.15, 0.2) is 60.8 Å². The highest BCUT2D eigenvalue weighted by atomic mass is 35.5. The van der Waals surface area contributed by atoms with Gasteiger partial charge in [-0.25, -0.2) is 4.68 Å². The van der Waals surface area contributed by atoms with Crippen LogP contribution in [0.3, 0.4) is 0 Å². The van der Waals surface area contributed by atoms with Crippen LogP contribution in [-0.2, 0) is 4.74 Å². The number of methoxy groups -OCH3 is 1. The van der Waals surface area contributed by atoms with E-state index >= 15 is 0 Å². The van der Waals surface area contributed by atoms with Crippen molar-refractivity contribution in [1.29, 1.82) is 0 Å². The largest absolute Gasteiger partial charge is 0.383 e. The first-order valence-electron chi connectivity index (χ1n) is 8.81. The molecule has 0 fully saturated rings. The third-order valence-electron chi connectivity index (χ3n) is 4.13. The van der Waals surface area contributed by atoms with E-state index in [1.54, 1.807) is 18.0 Å². The molecule has 4 aromatic rings. The van der Waals surface area contributed by atoms with Crippen molar-refractivity contribution in [3.05, 3.63) is 65.8 Å². The van der Waals surface area contributed by atoms with Crippen LogP contribution in [0, 0.1) is 0 Å². The molecule has 8 heteroatoms. The fourth-order valence-corrected chi connectivity index (χ4v) is 2.90. The van der Waals surface area contributed by atoms with Crippen LogP contribution in [0.4, 0.5) is 17.5 Å². The van der Waals surface area contributed by atoms with E-state index in [9.17, 15) is 0 Å². The van der Waals surface area contributed by atoms with Crippen molar-refractivity contribution in [2.24, 2.45) is 0 Å². The molecular weight excluding hydrogens is 376 g/mol. The van der Waals surface area contributed by atoms with Gasteiger partial charge >= 0.3 is 0 Å². The number of anilines is 3. The average Bonchev–Trinajstić information content (AvgIpc) is 3.15. The Kier molecular flexibility index (Phi) is 5.36. The molecule has 2 aromatic carbocycles. The number of fused-ring (bicyclic) bond motifs is 1. The fraction of sp³-hybridized carbons (Fsp3) is 0.150. The standard InChI is InChI=1S/C20H19ClN6O/c1-28-12-11-22-20-25-18(24-15-9-7-14(21)8-10-15)17-13-23-27(19(17)26-20)16-5-3-2-4-6-16/h2-10,13H,11-12H2,1H3,(H2,22,24,25,26). The summed E-state index contributed by atoms with van der Waals surface area (Å²) in [6.07, 6.45) is 1.76. The quantitative estimate of drug-likeness (QED) is 0.456. The molecule has 0 aliphatic heterocycles. The summed E-state index contributed by atoms with van der Waals surface area (Å²) in [4.78, 5) is 9.28. The van der Waals surface area contributed by atoms with Gasteiger partial charge in [0.15, 0.2) is 5.65 Å². The zero-order valence-electron chi connectivity index (χ0n) is 15.3. The maximum absolute atomic E-state index is 5.99. The van der Waals surface area contributed by atoms with Crippen molar-refractivity contribution in [2.45, 2.75) is 0 Å². The number of hydrogen-bond acceptors (Lipinski definition) is 6. The Bertz CT molecular complexity index is 1070. The molecule has 0 bridgehead atoms. The number of ether oxygens (including phenoxy) is 1. The van der Waals surface area contributed by atoms with Crippen molar-refractivity contribution in [2.75, 3.05) is 30.9 Å². The Hall–Kier alpha value is -3.16. The van der Waals surface area contributed by atoms with E-state index in [4.69, 9.17) is 16.3 Å². The summed E-state index contributed by atoms with van der Waals surface area (Å²) in [5.74, 6) is 1.16. The van der Waals surface area contributed by atoms with Crippen molar-refractivity contribution in [3.63, 3.8) is 0 Å². The molecule has 0 radical (unpaired) electrons. The highest BCUT2D eigenvalue weighted by Crippen LogP contribution is 2.27. The monoisotopic (exact) mass is 394 g/mol. The number of hydrogen-bond donors (Lipinski definition) is 2. The van der Waals surface area contributed by atoms with E-state index in [0.29, 0.717) is 35.6 Å². The first-order chi connectivity index (χ1) is 13.7. The normalized spacial score (nSPS) is 10.9. The molecule has 142 valence electrons. The maximum atomic E-state index is 5.99. The van der Waals surface area contributed by atoms with Gasteiger partial charge in [0.2, 0.25) is 5.95 Å². The molecule has 2 aromatic heterocycles. The van der Waals surface area contributed by atoms with Crippen LogP contribution >= 0.6 is 11.6 Å². The first kappa shape index (κ1) is 18.2. The number of benzene rings is 2. The summed E-state index contributed by atoms with van der Waals surface area (Å²) in [6.45, 7) is 1.15. The lowest BCUT2D eigenvalue weighted by atomic mass is 10.3. The number of rotatable bonds is 7. The lowest BCUT2D eigenvalue weighted by Crippen LogP contribution is -2.11. The maximum Gasteiger partial charge on any atom is 0.226 e. The summed E-state index contributed by atoms with van der Waals surface area (Å²) < 4.78 is 6.90. The van der Waals surface area contributed by atoms with E-state index in [0.717, 1.165) is 16.8 Å². The van der Waals surface area contributed by atoms with Crippen molar-refractivity contribution < 1.29 is 4.74 Å². The van der Waals surface area contributed by atoms with E-state index in [2.05, 4.69) is 25.7 Å². The molecule has 0 unspecified atom stereocenters. The predicted molar refractivity (Wildman–Crippen MR) is 112 cm³/mol. The highest BCUT2D eigenvalue weighted by molar-refractivity contribution is 6.30. The number of nitrogens with one attached hydrogen (secondary N) is 2. The predicted octanol–water partition coefficient (Wildman–Crippen LogP) is 4.27. The molecule has 0 aliphatic carbocycles. The van der Waals surface area contributed by atoms with Crippen molar-refractivity contribution in [3.8, 4) is 5.69 Å². The topological polar surface area (TPSA) is 76.9 Å². The summed E-state index contributed by atoms with van der Waals surface area (Å²) in [5.41, 5.74) is 2.51. The Morgan fingerprint density at radius 2 is 1.82 bits per heavy atom. The lowest BCUT2D eigenvalue weighted by molar-refractivity contribution is 0.210. The second kappa shape index (κ2) is 8.24. The minimum Gasteiger partial charge on any atom is -0.383 e. The smallest absolute Gasteiger partial charge is 0.226 e. The van der Waals surface area contributed by atoms with Crippen LogP contribution in [0.25, 0.3) is 16.7 Å². The Balaban J connectivity index is 1.78. The summed E-state index contributed by atoms with van der Waals surface area (Å²) in [5, 5.41) is 12.5. The minimum atomic E-state index is 0.499. The van der Waals surface area contributed by atoms with Gasteiger partial charge in [-0.15, -0.1) is 0 Å². The number of halogens is 1. The molecular formula is C20H19ClN6O. The van der Waals surface area contributed by atoms with E-state index in [-0.39, 0.29) is 0 Å². The van der Waals surface area contributed by atoms with Gasteiger partial charge in [-0.1, -0.05) is 29.8 Å². The molecule has 2 heterocycles. The van der Waals surface area contributed by atoms with Crippen LogP contribution in [-0.4, -0.2) is 40.0 Å². The second-order valence-corrected chi connectivity index (χ2v) is 6.51. The first-order valence-corrected chi connectivity index (χ1v) is 9.19. The van der Waals surface area contributed by atoms with Gasteiger partial charge in [0, 0.05) is 24.4 Å². The summed E-state index contributed by atoms with van der Waals surface area (Å²) in [7, 11) is 1.66. The van der Waals surface area contributed by atoms with Gasteiger partial charge in [-0.2, -0.15) is 15.1 Å². The average molecular weight is 395 g/mol. The highest BCUT2D eigenvalue weighted by Gasteiger charge is 2.14. The van der Waals surface area contributed by atoms with Crippen LogP contribution in [0.5, 0.6) is 0 Å². The zero-order valence-corrected chi connectivity index (χ0v) is 16.0. The van der Waals surface area contributed by atoms with E-state index in [1.807, 2.05) is 54.6 Å². The minimum absolute atomic E-state index is 0.499. The molecule has 0 atom stereocenters. The second-order valence-electron chi connectivity index (χ2n) is 6.08. The van der Waals surface area contributed by atoms with Gasteiger partial charge in [-0.05, 0) is 36.4 Å². The van der Waals surface area contributed by atoms with E-state index < -0.39 is 0 Å². The van der Waals surface area contributed by atoms with Crippen LogP contribution in [0.2, 0.25) is 5.02 Å². The molecule has 0 aliphatic rings. The Morgan fingerprint density at radius 1 is 1.04 bits per heavy atom. The molecule has 0 spiro atoms. The molecule has 0 saturated heterocycles. The van der Waals surface area contributed by atoms with Gasteiger partial charge in [0.25, 0.3) is 0 Å². The third-order valence-corrected chi connectivity index (χ3v) is 4.38. The molecule has 0 amide bonds. The van der Waals surface area contributed by atoms with Gasteiger partial charge in [0.05, 0.1) is 23.9 Å². The Labute approximate surface area is 167 Å². The Morgan fingerprint density at radius 3 is 2.57 bits per heavy atom. The SMILES string of the molecule is COCCNc1nc(Nc2ccc(Cl)cc2)c2cnn(-c3ccccc3)c2n1. The third kappa shape index (κ3) is 3.90. The van der Waals surface area contributed by atoms with Crippen molar-refractivity contribution in [1.82, 2.24) is 19.7 Å². The number of para-hydroxylation sites is 1. The summed E-state index contributed by atoms with van der Waals surface area (Å²) in [6, 6.07) is 17.3. The van der Waals surface area contributed by atoms with Gasteiger partial charge in [0.1, 0.15) is 5.82 Å². The molecule has 4 rings (SSSR count). The van der Waals surface area contributed by atoms with Gasteiger partial charge < -0.3 is 15.4 Å². The lowest BCUT2D eigenvalue weighted by Gasteiger charge is -2.11. The molecule has 28 heavy (non-hydrogen) atoms. The zero-order chi connectivity index (χ0) is 19.3. The van der Waals surface area contributed by atoms with E-state index in [1.165, 1.54) is 0 Å². The fourth-order valence-electron chi connectivity index (χ4n) is 2.78. The molecule has 0 saturated carbocycles. The molecule has 7 nitrogen and oxygen atoms in total. The van der Waals surface area contributed by atoms with Crippen molar-refractivity contribution >= 4 is 40.1 Å². The summed E-state index contributed by atoms with van der Waals surface area (Å²) >= 11 is 5.99.